The molecule has 5 heteroatoms. The second kappa shape index (κ2) is 8.49. The van der Waals surface area contributed by atoms with Crippen molar-refractivity contribution in [2.24, 2.45) is 0 Å². The van der Waals surface area contributed by atoms with Gasteiger partial charge in [0.15, 0.2) is 13.6 Å². The minimum atomic E-state index is 0.143. The molecule has 0 aliphatic heterocycles. The van der Waals surface area contributed by atoms with E-state index in [0.717, 1.165) is 6.29 Å². The molecule has 0 saturated heterocycles. The van der Waals surface area contributed by atoms with Crippen molar-refractivity contribution < 1.29 is 23.7 Å². The Balaban J connectivity index is 2.64. The molecule has 0 unspecified atom stereocenters. The molecule has 5 nitrogen and oxygen atoms in total. The molecule has 0 N–H and O–H groups in total. The zero-order valence-electron chi connectivity index (χ0n) is 10.7. The van der Waals surface area contributed by atoms with Crippen molar-refractivity contribution in [2.75, 3.05) is 26.8 Å². The first-order valence-corrected chi connectivity index (χ1v) is 5.81. The molecule has 0 aromatic heterocycles. The maximum absolute atomic E-state index is 10.8. The average molecular weight is 254 g/mol. The van der Waals surface area contributed by atoms with E-state index in [1.165, 1.54) is 0 Å². The van der Waals surface area contributed by atoms with Gasteiger partial charge in [-0.25, -0.2) is 0 Å². The summed E-state index contributed by atoms with van der Waals surface area (Å²) in [4.78, 5) is 10.8. The molecule has 100 valence electrons. The monoisotopic (exact) mass is 254 g/mol. The van der Waals surface area contributed by atoms with Crippen molar-refractivity contribution in [3.05, 3.63) is 23.8 Å². The van der Waals surface area contributed by atoms with Gasteiger partial charge in [0, 0.05) is 24.8 Å². The minimum Gasteiger partial charge on any atom is -0.467 e. The van der Waals surface area contributed by atoms with Gasteiger partial charge in [0.25, 0.3) is 0 Å². The Morgan fingerprint density at radius 1 is 0.944 bits per heavy atom. The van der Waals surface area contributed by atoms with Gasteiger partial charge < -0.3 is 18.9 Å². The van der Waals surface area contributed by atoms with E-state index in [9.17, 15) is 4.79 Å². The van der Waals surface area contributed by atoms with E-state index in [2.05, 4.69) is 0 Å². The van der Waals surface area contributed by atoms with Gasteiger partial charge in [-0.05, 0) is 26.0 Å². The predicted molar refractivity (Wildman–Crippen MR) is 66.1 cm³/mol. The number of carbonyl (C=O) groups excluding carboxylic acids is 1. The van der Waals surface area contributed by atoms with Crippen LogP contribution in [0.15, 0.2) is 18.2 Å². The minimum absolute atomic E-state index is 0.143. The molecule has 0 heterocycles. The molecule has 1 rings (SSSR count). The van der Waals surface area contributed by atoms with Gasteiger partial charge in [0.05, 0.1) is 0 Å². The Hall–Kier alpha value is -1.59. The Labute approximate surface area is 107 Å². The first-order valence-electron chi connectivity index (χ1n) is 5.81. The van der Waals surface area contributed by atoms with Crippen LogP contribution in [0, 0.1) is 0 Å². The van der Waals surface area contributed by atoms with Gasteiger partial charge in [0.2, 0.25) is 0 Å². The van der Waals surface area contributed by atoms with Gasteiger partial charge >= 0.3 is 0 Å². The molecular weight excluding hydrogens is 236 g/mol. The molecule has 0 fully saturated rings. The average Bonchev–Trinajstić information content (AvgIpc) is 2.39. The summed E-state index contributed by atoms with van der Waals surface area (Å²) in [5.41, 5.74) is 0.482. The molecule has 0 aliphatic rings. The van der Waals surface area contributed by atoms with Crippen LogP contribution in [0.1, 0.15) is 24.2 Å². The first kappa shape index (κ1) is 14.5. The molecule has 1 aromatic carbocycles. The molecule has 1 aromatic rings. The van der Waals surface area contributed by atoms with Gasteiger partial charge in [0.1, 0.15) is 17.8 Å². The zero-order chi connectivity index (χ0) is 13.2. The number of hydrogen-bond donors (Lipinski definition) is 0. The summed E-state index contributed by atoms with van der Waals surface area (Å²) < 4.78 is 20.8. The number of carbonyl (C=O) groups is 1. The Bertz CT molecular complexity index is 336. The molecule has 0 atom stereocenters. The second-order valence-corrected chi connectivity index (χ2v) is 3.37. The zero-order valence-corrected chi connectivity index (χ0v) is 10.7. The maximum Gasteiger partial charge on any atom is 0.189 e. The van der Waals surface area contributed by atoms with Crippen LogP contribution in [0.5, 0.6) is 11.5 Å². The van der Waals surface area contributed by atoms with Crippen LogP contribution in [0.2, 0.25) is 0 Å². The number of benzene rings is 1. The molecule has 0 radical (unpaired) electrons. The van der Waals surface area contributed by atoms with Gasteiger partial charge in [-0.1, -0.05) is 0 Å². The molecule has 0 amide bonds. The standard InChI is InChI=1S/C13H18O5/c1-3-15-9-17-12-5-11(8-14)6-13(7-12)18-10-16-4-2/h5-8H,3-4,9-10H2,1-2H3. The lowest BCUT2D eigenvalue weighted by atomic mass is 10.2. The number of ether oxygens (including phenoxy) is 4. The van der Waals surface area contributed by atoms with E-state index in [1.807, 2.05) is 13.8 Å². The fourth-order valence-electron chi connectivity index (χ4n) is 1.21. The van der Waals surface area contributed by atoms with Crippen molar-refractivity contribution in [3.8, 4) is 11.5 Å². The lowest BCUT2D eigenvalue weighted by Gasteiger charge is -2.10. The van der Waals surface area contributed by atoms with Crippen molar-refractivity contribution in [3.63, 3.8) is 0 Å². The smallest absolute Gasteiger partial charge is 0.189 e. The van der Waals surface area contributed by atoms with Gasteiger partial charge in [-0.2, -0.15) is 0 Å². The van der Waals surface area contributed by atoms with Crippen LogP contribution in [-0.4, -0.2) is 33.1 Å². The number of hydrogen-bond acceptors (Lipinski definition) is 5. The molecule has 0 aliphatic carbocycles. The molecule has 0 spiro atoms. The van der Waals surface area contributed by atoms with Crippen LogP contribution in [0.4, 0.5) is 0 Å². The maximum atomic E-state index is 10.8. The van der Waals surface area contributed by atoms with Gasteiger partial charge in [-0.3, -0.25) is 4.79 Å². The van der Waals surface area contributed by atoms with Crippen LogP contribution in [0.25, 0.3) is 0 Å². The summed E-state index contributed by atoms with van der Waals surface area (Å²) in [6.07, 6.45) is 0.737. The van der Waals surface area contributed by atoms with E-state index in [0.29, 0.717) is 30.3 Å². The third-order valence-corrected chi connectivity index (χ3v) is 2.06. The van der Waals surface area contributed by atoms with E-state index in [1.54, 1.807) is 18.2 Å². The number of rotatable bonds is 9. The van der Waals surface area contributed by atoms with Crippen molar-refractivity contribution in [1.82, 2.24) is 0 Å². The molecule has 0 saturated carbocycles. The van der Waals surface area contributed by atoms with E-state index >= 15 is 0 Å². The third kappa shape index (κ3) is 5.16. The highest BCUT2D eigenvalue weighted by Crippen LogP contribution is 2.22. The summed E-state index contributed by atoms with van der Waals surface area (Å²) in [5, 5.41) is 0. The molecule has 0 bridgehead atoms. The van der Waals surface area contributed by atoms with Crippen LogP contribution in [0.3, 0.4) is 0 Å². The summed E-state index contributed by atoms with van der Waals surface area (Å²) in [6, 6.07) is 4.93. The first-order chi connectivity index (χ1) is 8.80. The summed E-state index contributed by atoms with van der Waals surface area (Å²) >= 11 is 0. The molecular formula is C13H18O5. The Kier molecular flexibility index (Phi) is 6.83. The highest BCUT2D eigenvalue weighted by Gasteiger charge is 2.03. The largest absolute Gasteiger partial charge is 0.467 e. The van der Waals surface area contributed by atoms with Crippen molar-refractivity contribution >= 4 is 6.29 Å². The van der Waals surface area contributed by atoms with E-state index < -0.39 is 0 Å². The van der Waals surface area contributed by atoms with Crippen LogP contribution < -0.4 is 9.47 Å². The third-order valence-electron chi connectivity index (χ3n) is 2.06. The van der Waals surface area contributed by atoms with Crippen molar-refractivity contribution in [1.29, 1.82) is 0 Å². The quantitative estimate of drug-likeness (QED) is 0.384. The number of aldehydes is 1. The fraction of sp³-hybridized carbons (Fsp3) is 0.462. The lowest BCUT2D eigenvalue weighted by Crippen LogP contribution is -2.05. The lowest BCUT2D eigenvalue weighted by molar-refractivity contribution is 0.0181. The summed E-state index contributed by atoms with van der Waals surface area (Å²) in [6.45, 7) is 5.18. The summed E-state index contributed by atoms with van der Waals surface area (Å²) in [5.74, 6) is 1.05. The normalized spacial score (nSPS) is 10.1. The SMILES string of the molecule is CCOCOc1cc(C=O)cc(OCOCC)c1. The van der Waals surface area contributed by atoms with Crippen LogP contribution in [-0.2, 0) is 9.47 Å². The van der Waals surface area contributed by atoms with E-state index in [4.69, 9.17) is 18.9 Å². The summed E-state index contributed by atoms with van der Waals surface area (Å²) in [7, 11) is 0. The molecule has 18 heavy (non-hydrogen) atoms. The fourth-order valence-corrected chi connectivity index (χ4v) is 1.21. The van der Waals surface area contributed by atoms with E-state index in [-0.39, 0.29) is 13.6 Å². The highest BCUT2D eigenvalue weighted by atomic mass is 16.7. The Morgan fingerprint density at radius 3 is 1.83 bits per heavy atom. The van der Waals surface area contributed by atoms with Crippen molar-refractivity contribution in [2.45, 2.75) is 13.8 Å². The van der Waals surface area contributed by atoms with Gasteiger partial charge in [-0.15, -0.1) is 0 Å². The Morgan fingerprint density at radius 2 is 1.44 bits per heavy atom. The topological polar surface area (TPSA) is 54.0 Å². The predicted octanol–water partition coefficient (Wildman–Crippen LogP) is 2.24. The highest BCUT2D eigenvalue weighted by molar-refractivity contribution is 5.76. The second-order valence-electron chi connectivity index (χ2n) is 3.37. The van der Waals surface area contributed by atoms with Crippen LogP contribution >= 0.6 is 0 Å².